The zero-order valence-corrected chi connectivity index (χ0v) is 9.99. The standard InChI is InChI=1S/C13H16ClNO/c14-9-13(16)15-8-4-7-12(10-15)11-5-2-1-3-6-11/h1-3,5-6,12H,4,7-10H2/t12-/m0/s1. The Bertz CT molecular complexity index is 352. The van der Waals surface area contributed by atoms with Gasteiger partial charge in [-0.2, -0.15) is 0 Å². The summed E-state index contributed by atoms with van der Waals surface area (Å²) in [5.41, 5.74) is 1.33. The second kappa shape index (κ2) is 5.35. The van der Waals surface area contributed by atoms with Crippen molar-refractivity contribution in [2.75, 3.05) is 19.0 Å². The largest absolute Gasteiger partial charge is 0.341 e. The first kappa shape index (κ1) is 11.5. The number of amides is 1. The Labute approximate surface area is 101 Å². The molecule has 1 heterocycles. The molecule has 0 aliphatic carbocycles. The van der Waals surface area contributed by atoms with Gasteiger partial charge in [-0.15, -0.1) is 11.6 Å². The van der Waals surface area contributed by atoms with Gasteiger partial charge in [-0.25, -0.2) is 0 Å². The molecule has 1 aromatic rings. The highest BCUT2D eigenvalue weighted by Gasteiger charge is 2.23. The van der Waals surface area contributed by atoms with Gasteiger partial charge >= 0.3 is 0 Å². The number of benzene rings is 1. The molecule has 2 nitrogen and oxygen atoms in total. The maximum Gasteiger partial charge on any atom is 0.237 e. The number of carbonyl (C=O) groups excluding carboxylic acids is 1. The van der Waals surface area contributed by atoms with Crippen LogP contribution in [0.2, 0.25) is 0 Å². The highest BCUT2D eigenvalue weighted by atomic mass is 35.5. The zero-order valence-electron chi connectivity index (χ0n) is 9.23. The third-order valence-electron chi connectivity index (χ3n) is 3.16. The van der Waals surface area contributed by atoms with E-state index < -0.39 is 0 Å². The first-order chi connectivity index (χ1) is 7.81. The van der Waals surface area contributed by atoms with E-state index in [9.17, 15) is 4.79 Å². The van der Waals surface area contributed by atoms with Gasteiger partial charge in [0.05, 0.1) is 0 Å². The lowest BCUT2D eigenvalue weighted by molar-refractivity contribution is -0.129. The van der Waals surface area contributed by atoms with Crippen LogP contribution < -0.4 is 0 Å². The second-order valence-electron chi connectivity index (χ2n) is 4.22. The van der Waals surface area contributed by atoms with Crippen LogP contribution >= 0.6 is 11.6 Å². The number of halogens is 1. The van der Waals surface area contributed by atoms with E-state index in [1.54, 1.807) is 0 Å². The minimum absolute atomic E-state index is 0.0577. The fourth-order valence-corrected chi connectivity index (χ4v) is 2.45. The van der Waals surface area contributed by atoms with E-state index in [2.05, 4.69) is 24.3 Å². The lowest BCUT2D eigenvalue weighted by Crippen LogP contribution is -2.39. The Balaban J connectivity index is 2.05. The maximum absolute atomic E-state index is 11.5. The summed E-state index contributed by atoms with van der Waals surface area (Å²) in [6.45, 7) is 1.67. The molecule has 3 heteroatoms. The highest BCUT2D eigenvalue weighted by Crippen LogP contribution is 2.26. The molecule has 0 spiro atoms. The molecular formula is C13H16ClNO. The van der Waals surface area contributed by atoms with E-state index in [0.717, 1.165) is 25.9 Å². The number of hydrogen-bond acceptors (Lipinski definition) is 1. The average Bonchev–Trinajstić information content (AvgIpc) is 2.39. The van der Waals surface area contributed by atoms with Gasteiger partial charge in [-0.3, -0.25) is 4.79 Å². The first-order valence-corrected chi connectivity index (χ1v) is 6.23. The molecule has 0 aromatic heterocycles. The van der Waals surface area contributed by atoms with E-state index in [0.29, 0.717) is 5.92 Å². The smallest absolute Gasteiger partial charge is 0.237 e. The minimum atomic E-state index is 0.0577. The van der Waals surface area contributed by atoms with Crippen molar-refractivity contribution < 1.29 is 4.79 Å². The summed E-state index contributed by atoms with van der Waals surface area (Å²) in [5, 5.41) is 0. The lowest BCUT2D eigenvalue weighted by atomic mass is 9.91. The summed E-state index contributed by atoms with van der Waals surface area (Å²) < 4.78 is 0. The third-order valence-corrected chi connectivity index (χ3v) is 3.39. The molecule has 86 valence electrons. The fraction of sp³-hybridized carbons (Fsp3) is 0.462. The van der Waals surface area contributed by atoms with Crippen LogP contribution in [0.4, 0.5) is 0 Å². The van der Waals surface area contributed by atoms with Gasteiger partial charge in [-0.05, 0) is 18.4 Å². The van der Waals surface area contributed by atoms with Crippen molar-refractivity contribution >= 4 is 17.5 Å². The topological polar surface area (TPSA) is 20.3 Å². The molecule has 0 saturated carbocycles. The summed E-state index contributed by atoms with van der Waals surface area (Å²) in [7, 11) is 0. The predicted molar refractivity (Wildman–Crippen MR) is 65.7 cm³/mol. The number of hydrogen-bond donors (Lipinski definition) is 0. The molecule has 1 fully saturated rings. The van der Waals surface area contributed by atoms with Crippen molar-refractivity contribution in [2.45, 2.75) is 18.8 Å². The Hall–Kier alpha value is -1.02. The molecular weight excluding hydrogens is 222 g/mol. The monoisotopic (exact) mass is 237 g/mol. The lowest BCUT2D eigenvalue weighted by Gasteiger charge is -2.32. The molecule has 1 amide bonds. The SMILES string of the molecule is O=C(CCl)N1CCC[C@H](c2ccccc2)C1. The van der Waals surface area contributed by atoms with Gasteiger partial charge in [0, 0.05) is 19.0 Å². The van der Waals surface area contributed by atoms with E-state index >= 15 is 0 Å². The first-order valence-electron chi connectivity index (χ1n) is 5.70. The van der Waals surface area contributed by atoms with Crippen molar-refractivity contribution in [3.63, 3.8) is 0 Å². The van der Waals surface area contributed by atoms with Gasteiger partial charge in [0.15, 0.2) is 0 Å². The van der Waals surface area contributed by atoms with Gasteiger partial charge < -0.3 is 4.90 Å². The van der Waals surface area contributed by atoms with Crippen LogP contribution in [-0.4, -0.2) is 29.8 Å². The second-order valence-corrected chi connectivity index (χ2v) is 4.49. The average molecular weight is 238 g/mol. The van der Waals surface area contributed by atoms with Crippen LogP contribution in [0.25, 0.3) is 0 Å². The van der Waals surface area contributed by atoms with Crippen LogP contribution in [0, 0.1) is 0 Å². The van der Waals surface area contributed by atoms with Gasteiger partial charge in [-0.1, -0.05) is 30.3 Å². The normalized spacial score (nSPS) is 20.8. The van der Waals surface area contributed by atoms with Gasteiger partial charge in [0.25, 0.3) is 0 Å². The van der Waals surface area contributed by atoms with Crippen LogP contribution in [0.5, 0.6) is 0 Å². The molecule has 0 N–H and O–H groups in total. The Morgan fingerprint density at radius 3 is 2.81 bits per heavy atom. The van der Waals surface area contributed by atoms with Crippen molar-refractivity contribution in [1.29, 1.82) is 0 Å². The zero-order chi connectivity index (χ0) is 11.4. The quantitative estimate of drug-likeness (QED) is 0.725. The summed E-state index contributed by atoms with van der Waals surface area (Å²) in [5.74, 6) is 0.631. The summed E-state index contributed by atoms with van der Waals surface area (Å²) >= 11 is 5.59. The molecule has 1 aliphatic rings. The summed E-state index contributed by atoms with van der Waals surface area (Å²) in [6, 6.07) is 10.4. The number of nitrogens with zero attached hydrogens (tertiary/aromatic N) is 1. The van der Waals surface area contributed by atoms with Crippen molar-refractivity contribution in [1.82, 2.24) is 4.90 Å². The number of alkyl halides is 1. The van der Waals surface area contributed by atoms with E-state index in [4.69, 9.17) is 11.6 Å². The van der Waals surface area contributed by atoms with Gasteiger partial charge in [0.2, 0.25) is 5.91 Å². The number of piperidine rings is 1. The number of likely N-dealkylation sites (tertiary alicyclic amines) is 1. The van der Waals surface area contributed by atoms with Gasteiger partial charge in [0.1, 0.15) is 5.88 Å². The molecule has 2 rings (SSSR count). The Morgan fingerprint density at radius 2 is 2.12 bits per heavy atom. The summed E-state index contributed by atoms with van der Waals surface area (Å²) in [6.07, 6.45) is 2.23. The van der Waals surface area contributed by atoms with E-state index in [1.165, 1.54) is 5.56 Å². The van der Waals surface area contributed by atoms with E-state index in [1.807, 2.05) is 11.0 Å². The van der Waals surface area contributed by atoms with Crippen molar-refractivity contribution in [2.24, 2.45) is 0 Å². The Morgan fingerprint density at radius 1 is 1.38 bits per heavy atom. The number of carbonyl (C=O) groups is 1. The summed E-state index contributed by atoms with van der Waals surface area (Å²) in [4.78, 5) is 13.4. The molecule has 1 atom stereocenters. The molecule has 1 saturated heterocycles. The highest BCUT2D eigenvalue weighted by molar-refractivity contribution is 6.27. The van der Waals surface area contributed by atoms with E-state index in [-0.39, 0.29) is 11.8 Å². The molecule has 0 unspecified atom stereocenters. The van der Waals surface area contributed by atoms with Crippen molar-refractivity contribution in [3.05, 3.63) is 35.9 Å². The third kappa shape index (κ3) is 2.56. The molecule has 1 aromatic carbocycles. The fourth-order valence-electron chi connectivity index (χ4n) is 2.29. The van der Waals surface area contributed by atoms with Crippen molar-refractivity contribution in [3.8, 4) is 0 Å². The molecule has 0 radical (unpaired) electrons. The van der Waals surface area contributed by atoms with Crippen LogP contribution in [-0.2, 0) is 4.79 Å². The Kier molecular flexibility index (Phi) is 3.83. The van der Waals surface area contributed by atoms with Crippen LogP contribution in [0.3, 0.4) is 0 Å². The minimum Gasteiger partial charge on any atom is -0.341 e. The van der Waals surface area contributed by atoms with Crippen LogP contribution in [0.15, 0.2) is 30.3 Å². The maximum atomic E-state index is 11.5. The molecule has 16 heavy (non-hydrogen) atoms. The molecule has 0 bridgehead atoms. The van der Waals surface area contributed by atoms with Crippen LogP contribution in [0.1, 0.15) is 24.3 Å². The molecule has 1 aliphatic heterocycles. The number of rotatable bonds is 2. The predicted octanol–water partition coefficient (Wildman–Crippen LogP) is 2.63.